The van der Waals surface area contributed by atoms with Crippen molar-refractivity contribution in [2.24, 2.45) is 0 Å². The molecule has 1 fully saturated rings. The maximum Gasteiger partial charge on any atom is 0.287 e. The SMILES string of the molecule is C\[N+](=C1C(=C/C=C2/N(CCCCSOO[O-])c3ccccc3C2(C)C)CCC/1=C\C=C1\N(CCCCS(=O)(=O)[O-])c2ccccc2C1(C)C)S(=O)C(C)(C)C. The van der Waals surface area contributed by atoms with Crippen molar-refractivity contribution < 1.29 is 35.8 Å². The van der Waals surface area contributed by atoms with Gasteiger partial charge in [0.05, 0.1) is 14.9 Å². The number of unbranched alkanes of at least 4 members (excludes halogenated alkanes) is 2. The van der Waals surface area contributed by atoms with E-state index in [2.05, 4.69) is 108 Å². The molecule has 0 saturated heterocycles. The van der Waals surface area contributed by atoms with Gasteiger partial charge in [-0.3, -0.25) is 5.04 Å². The minimum Gasteiger partial charge on any atom is -0.748 e. The first-order chi connectivity index (χ1) is 25.9. The molecule has 2 heterocycles. The fourth-order valence-electron chi connectivity index (χ4n) is 8.09. The Balaban J connectivity index is 1.54. The molecule has 0 bridgehead atoms. The predicted octanol–water partition coefficient (Wildman–Crippen LogP) is 7.52. The Bertz CT molecular complexity index is 2020. The molecule has 0 amide bonds. The summed E-state index contributed by atoms with van der Waals surface area (Å²) in [5, 5.41) is 13.7. The summed E-state index contributed by atoms with van der Waals surface area (Å²) in [6.45, 7) is 16.3. The monoisotopic (exact) mass is 810 g/mol. The number of hydrogen-bond acceptors (Lipinski definition) is 10. The van der Waals surface area contributed by atoms with Crippen LogP contribution >= 0.6 is 12.0 Å². The molecule has 2 aromatic rings. The standard InChI is InChI=1S/C42H57N3O7S3/c1-40(2,3)54(47)43(8)39-31(23-25-37-41(4,5)33-17-9-11-19-35(33)44(37)27-13-15-29-53-52-51-46)21-22-32(39)24-26-38-42(6,7)34-18-10-12-20-36(34)45(38)28-14-16-30-55(48,49)50/h9-12,17-20,23-26H,13-16,21-22,27-30H2,1-8H3,(H-,46,48,49,50)/p-1. The van der Waals surface area contributed by atoms with E-state index in [4.69, 9.17) is 0 Å². The first-order valence-corrected chi connectivity index (χ1v) is 22.6. The number of fused-ring (bicyclic) bond motifs is 2. The van der Waals surface area contributed by atoms with Crippen LogP contribution in [-0.4, -0.2) is 63.3 Å². The molecule has 1 saturated carbocycles. The third kappa shape index (κ3) is 9.75. The lowest BCUT2D eigenvalue weighted by molar-refractivity contribution is -0.777. The summed E-state index contributed by atoms with van der Waals surface area (Å²) in [5.41, 5.74) is 9.67. The number of anilines is 2. The lowest BCUT2D eigenvalue weighted by Gasteiger charge is -2.27. The van der Waals surface area contributed by atoms with Gasteiger partial charge in [-0.1, -0.05) is 76.2 Å². The summed E-state index contributed by atoms with van der Waals surface area (Å²) in [4.78, 5) is 4.66. The van der Waals surface area contributed by atoms with Gasteiger partial charge >= 0.3 is 0 Å². The molecule has 13 heteroatoms. The van der Waals surface area contributed by atoms with E-state index in [0.29, 0.717) is 25.1 Å². The van der Waals surface area contributed by atoms with Crippen LogP contribution in [0.4, 0.5) is 11.4 Å². The van der Waals surface area contributed by atoms with Crippen LogP contribution in [0, 0.1) is 0 Å². The van der Waals surface area contributed by atoms with E-state index < -0.39 is 25.9 Å². The van der Waals surface area contributed by atoms with Crippen molar-refractivity contribution in [2.45, 2.75) is 103 Å². The van der Waals surface area contributed by atoms with Gasteiger partial charge in [-0.05, 0) is 94.7 Å². The van der Waals surface area contributed by atoms with Crippen LogP contribution < -0.4 is 15.1 Å². The maximum absolute atomic E-state index is 14.0. The molecule has 55 heavy (non-hydrogen) atoms. The topological polar surface area (TPSA) is 125 Å². The Kier molecular flexibility index (Phi) is 13.8. The average molecular weight is 811 g/mol. The van der Waals surface area contributed by atoms with E-state index in [9.17, 15) is 22.4 Å². The van der Waals surface area contributed by atoms with Gasteiger partial charge in [-0.25, -0.2) is 8.42 Å². The van der Waals surface area contributed by atoms with Crippen molar-refractivity contribution in [2.75, 3.05) is 41.4 Å². The summed E-state index contributed by atoms with van der Waals surface area (Å²) in [5.74, 6) is 0.280. The molecule has 1 aliphatic carbocycles. The Labute approximate surface area is 335 Å². The second-order valence-electron chi connectivity index (χ2n) is 16.4. The number of para-hydroxylation sites is 2. The average Bonchev–Trinajstić information content (AvgIpc) is 3.70. The van der Waals surface area contributed by atoms with Gasteiger partial charge in [0.1, 0.15) is 7.05 Å². The Morgan fingerprint density at radius 2 is 1.29 bits per heavy atom. The number of allylic oxidation sites excluding steroid dienone is 8. The van der Waals surface area contributed by atoms with Crippen LogP contribution in [0.2, 0.25) is 0 Å². The van der Waals surface area contributed by atoms with E-state index in [1.165, 1.54) is 22.5 Å². The minimum absolute atomic E-state index is 0.242. The Hall–Kier alpha value is -3.04. The lowest BCUT2D eigenvalue weighted by atomic mass is 9.83. The summed E-state index contributed by atoms with van der Waals surface area (Å²) < 4.78 is 53.9. The lowest BCUT2D eigenvalue weighted by Crippen LogP contribution is -2.33. The van der Waals surface area contributed by atoms with Crippen molar-refractivity contribution >= 4 is 50.2 Å². The van der Waals surface area contributed by atoms with Gasteiger partial charge in [0, 0.05) is 81.4 Å². The van der Waals surface area contributed by atoms with Crippen molar-refractivity contribution in [3.63, 3.8) is 0 Å². The summed E-state index contributed by atoms with van der Waals surface area (Å²) in [6.07, 6.45) is 13.0. The molecule has 2 aliphatic heterocycles. The molecule has 3 aliphatic rings. The molecule has 1 unspecified atom stereocenters. The highest BCUT2D eigenvalue weighted by Gasteiger charge is 2.42. The second-order valence-corrected chi connectivity index (χ2v) is 21.0. The molecular formula is C42H56N3O7S3-. The van der Waals surface area contributed by atoms with Crippen molar-refractivity contribution in [3.8, 4) is 0 Å². The quantitative estimate of drug-likeness (QED) is 0.0446. The molecule has 0 radical (unpaired) electrons. The molecular weight excluding hydrogens is 755 g/mol. The Morgan fingerprint density at radius 3 is 1.75 bits per heavy atom. The van der Waals surface area contributed by atoms with Gasteiger partial charge in [0.15, 0.2) is 0 Å². The third-order valence-electron chi connectivity index (χ3n) is 10.8. The van der Waals surface area contributed by atoms with E-state index in [1.807, 2.05) is 43.9 Å². The normalized spacial score (nSPS) is 22.3. The van der Waals surface area contributed by atoms with E-state index in [-0.39, 0.29) is 16.6 Å². The van der Waals surface area contributed by atoms with Crippen LogP contribution in [0.15, 0.2) is 95.4 Å². The summed E-state index contributed by atoms with van der Waals surface area (Å²) in [6, 6.07) is 16.8. The Morgan fingerprint density at radius 1 is 0.818 bits per heavy atom. The summed E-state index contributed by atoms with van der Waals surface area (Å²) in [7, 11) is -3.66. The van der Waals surface area contributed by atoms with Crippen molar-refractivity contribution in [1.82, 2.24) is 0 Å². The molecule has 10 nitrogen and oxygen atoms in total. The molecule has 0 aromatic heterocycles. The maximum atomic E-state index is 14.0. The molecule has 5 rings (SSSR count). The fraction of sp³-hybridized carbons (Fsp3) is 0.500. The molecule has 2 aromatic carbocycles. The van der Waals surface area contributed by atoms with Gasteiger partial charge in [0.25, 0.3) is 11.0 Å². The largest absolute Gasteiger partial charge is 0.748 e. The van der Waals surface area contributed by atoms with Gasteiger partial charge in [0.2, 0.25) is 5.71 Å². The number of nitrogens with zero attached hydrogens (tertiary/aromatic N) is 3. The minimum atomic E-state index is -4.27. The first kappa shape index (κ1) is 43.1. The van der Waals surface area contributed by atoms with Gasteiger partial charge in [-0.2, -0.15) is 8.54 Å². The van der Waals surface area contributed by atoms with Crippen molar-refractivity contribution in [1.29, 1.82) is 0 Å². The smallest absolute Gasteiger partial charge is 0.287 e. The third-order valence-corrected chi connectivity index (χ3v) is 13.9. The first-order valence-electron chi connectivity index (χ1n) is 19.0. The fourth-order valence-corrected chi connectivity index (χ4v) is 10.3. The van der Waals surface area contributed by atoms with Gasteiger partial charge < -0.3 is 19.6 Å². The molecule has 0 N–H and O–H groups in total. The van der Waals surface area contributed by atoms with Crippen LogP contribution in [0.1, 0.15) is 98.1 Å². The van der Waals surface area contributed by atoms with Crippen molar-refractivity contribution in [3.05, 3.63) is 107 Å². The highest BCUT2D eigenvalue weighted by atomic mass is 32.2. The van der Waals surface area contributed by atoms with Crippen LogP contribution in [0.3, 0.4) is 0 Å². The highest BCUT2D eigenvalue weighted by Crippen LogP contribution is 2.49. The number of hydrogen-bond donors (Lipinski definition) is 0. The highest BCUT2D eigenvalue weighted by molar-refractivity contribution is 7.94. The van der Waals surface area contributed by atoms with E-state index in [0.717, 1.165) is 72.5 Å². The van der Waals surface area contributed by atoms with Crippen LogP contribution in [0.25, 0.3) is 0 Å². The number of rotatable bonds is 15. The van der Waals surface area contributed by atoms with E-state index in [1.54, 1.807) is 0 Å². The van der Waals surface area contributed by atoms with Crippen LogP contribution in [0.5, 0.6) is 0 Å². The molecule has 300 valence electrons. The molecule has 0 spiro atoms. The van der Waals surface area contributed by atoms with Gasteiger partial charge in [-0.15, -0.1) is 3.98 Å². The number of benzene rings is 2. The molecule has 1 atom stereocenters. The zero-order chi connectivity index (χ0) is 40.2. The van der Waals surface area contributed by atoms with E-state index >= 15 is 0 Å². The predicted molar refractivity (Wildman–Crippen MR) is 222 cm³/mol. The zero-order valence-corrected chi connectivity index (χ0v) is 35.9. The van der Waals surface area contributed by atoms with Crippen LogP contribution in [-0.2, 0) is 41.3 Å². The second kappa shape index (κ2) is 17.6. The zero-order valence-electron chi connectivity index (χ0n) is 33.4. The summed E-state index contributed by atoms with van der Waals surface area (Å²) >= 11 is 1.02.